The third-order valence-corrected chi connectivity index (χ3v) is 3.20. The minimum absolute atomic E-state index is 0.0403. The van der Waals surface area contributed by atoms with Crippen molar-refractivity contribution in [1.29, 1.82) is 0 Å². The number of carboxylic acids is 3. The van der Waals surface area contributed by atoms with Crippen LogP contribution in [0.1, 0.15) is 19.3 Å². The number of amides is 2. The maximum Gasteiger partial charge on any atom is 0.326 e. The van der Waals surface area contributed by atoms with Gasteiger partial charge in [0, 0.05) is 19.4 Å². The lowest BCUT2D eigenvalue weighted by molar-refractivity contribution is -0.143. The third kappa shape index (κ3) is 4.05. The van der Waals surface area contributed by atoms with Crippen molar-refractivity contribution in [1.82, 2.24) is 10.2 Å². The van der Waals surface area contributed by atoms with Crippen LogP contribution in [0, 0.1) is 0 Å². The molecule has 0 saturated carbocycles. The van der Waals surface area contributed by atoms with Crippen LogP contribution in [0.5, 0.6) is 0 Å². The monoisotopic (exact) mass is 303 g/mol. The van der Waals surface area contributed by atoms with Gasteiger partial charge in [-0.05, 0) is 6.42 Å². The highest BCUT2D eigenvalue weighted by atomic mass is 16.4. The molecule has 0 aliphatic carbocycles. The van der Waals surface area contributed by atoms with Gasteiger partial charge in [-0.2, -0.15) is 0 Å². The van der Waals surface area contributed by atoms with E-state index >= 15 is 0 Å². The summed E-state index contributed by atoms with van der Waals surface area (Å²) >= 11 is 0. The average molecular weight is 303 g/mol. The minimum atomic E-state index is -1.80. The zero-order valence-corrected chi connectivity index (χ0v) is 11.1. The molecule has 0 radical (unpaired) electrons. The van der Waals surface area contributed by atoms with E-state index in [4.69, 9.17) is 21.1 Å². The highest BCUT2D eigenvalue weighted by Gasteiger charge is 2.51. The molecule has 1 heterocycles. The van der Waals surface area contributed by atoms with E-state index < -0.39 is 42.1 Å². The second-order valence-corrected chi connectivity index (χ2v) is 4.88. The number of likely N-dealkylation sites (tertiary alicyclic amines) is 1. The smallest absolute Gasteiger partial charge is 0.326 e. The number of aliphatic carboxylic acids is 3. The molecule has 21 heavy (non-hydrogen) atoms. The zero-order valence-electron chi connectivity index (χ0n) is 11.1. The maximum absolute atomic E-state index is 11.9. The number of hydrogen-bond acceptors (Lipinski definition) is 5. The summed E-state index contributed by atoms with van der Waals surface area (Å²) in [7, 11) is 0. The van der Waals surface area contributed by atoms with Crippen molar-refractivity contribution in [2.24, 2.45) is 5.73 Å². The van der Waals surface area contributed by atoms with E-state index in [-0.39, 0.29) is 25.8 Å². The van der Waals surface area contributed by atoms with Crippen LogP contribution >= 0.6 is 0 Å². The summed E-state index contributed by atoms with van der Waals surface area (Å²) in [4.78, 5) is 45.2. The normalized spacial score (nSPS) is 24.6. The first-order chi connectivity index (χ1) is 9.67. The van der Waals surface area contributed by atoms with Crippen molar-refractivity contribution >= 4 is 23.9 Å². The average Bonchev–Trinajstić information content (AvgIpc) is 2.74. The Bertz CT molecular complexity index is 467. The molecule has 0 bridgehead atoms. The van der Waals surface area contributed by atoms with Gasteiger partial charge in [0.15, 0.2) is 0 Å². The molecular weight excluding hydrogens is 286 g/mol. The molecule has 1 aliphatic rings. The summed E-state index contributed by atoms with van der Waals surface area (Å²) in [5.74, 6) is -3.74. The Balaban J connectivity index is 2.66. The molecule has 0 unspecified atom stereocenters. The second-order valence-electron chi connectivity index (χ2n) is 4.88. The third-order valence-electron chi connectivity index (χ3n) is 3.20. The zero-order chi connectivity index (χ0) is 16.2. The molecule has 118 valence electrons. The molecule has 0 aromatic rings. The number of carbonyl (C=O) groups is 4. The first kappa shape index (κ1) is 16.7. The number of carbonyl (C=O) groups excluding carboxylic acids is 1. The predicted octanol–water partition coefficient (Wildman–Crippen LogP) is -1.50. The van der Waals surface area contributed by atoms with Crippen molar-refractivity contribution in [2.75, 3.05) is 13.1 Å². The Hall–Kier alpha value is -2.36. The molecule has 2 amide bonds. The largest absolute Gasteiger partial charge is 0.481 e. The van der Waals surface area contributed by atoms with Crippen molar-refractivity contribution in [3.05, 3.63) is 0 Å². The number of nitrogens with zero attached hydrogens (tertiary/aromatic N) is 1. The van der Waals surface area contributed by atoms with E-state index in [1.54, 1.807) is 0 Å². The summed E-state index contributed by atoms with van der Waals surface area (Å²) in [6.45, 7) is -0.386. The standard InChI is InChI=1S/C11H17N3O7/c12-11(9(19)20)4-6(8(17)18)14(5-11)10(21)13-3-1-2-7(15)16/h6H,1-5,12H2,(H,13,21)(H,15,16)(H,17,18)(H,19,20)/t6-,11-/m1/s1. The second kappa shape index (κ2) is 6.39. The van der Waals surface area contributed by atoms with Crippen molar-refractivity contribution < 1.29 is 34.5 Å². The van der Waals surface area contributed by atoms with Gasteiger partial charge in [-0.15, -0.1) is 0 Å². The molecule has 1 rings (SSSR count). The van der Waals surface area contributed by atoms with Crippen LogP contribution in [0.2, 0.25) is 0 Å². The molecule has 0 aromatic heterocycles. The van der Waals surface area contributed by atoms with Crippen LogP contribution in [0.3, 0.4) is 0 Å². The van der Waals surface area contributed by atoms with E-state index in [0.29, 0.717) is 0 Å². The lowest BCUT2D eigenvalue weighted by Crippen LogP contribution is -2.52. The van der Waals surface area contributed by atoms with Gasteiger partial charge in [-0.3, -0.25) is 9.59 Å². The predicted molar refractivity (Wildman–Crippen MR) is 67.6 cm³/mol. The van der Waals surface area contributed by atoms with Crippen LogP contribution in [-0.2, 0) is 14.4 Å². The fourth-order valence-electron chi connectivity index (χ4n) is 2.06. The van der Waals surface area contributed by atoms with Crippen molar-refractivity contribution in [3.63, 3.8) is 0 Å². The lowest BCUT2D eigenvalue weighted by Gasteiger charge is -2.22. The molecule has 1 aliphatic heterocycles. The fourth-order valence-corrected chi connectivity index (χ4v) is 2.06. The maximum atomic E-state index is 11.9. The number of urea groups is 1. The molecule has 0 aromatic carbocycles. The number of nitrogens with two attached hydrogens (primary N) is 1. The van der Waals surface area contributed by atoms with Crippen LogP contribution in [0.25, 0.3) is 0 Å². The Kier molecular flexibility index (Phi) is 5.08. The molecule has 6 N–H and O–H groups in total. The quantitative estimate of drug-likeness (QED) is 0.369. The number of nitrogens with one attached hydrogen (secondary N) is 1. The van der Waals surface area contributed by atoms with Gasteiger partial charge in [0.1, 0.15) is 11.6 Å². The van der Waals surface area contributed by atoms with Gasteiger partial charge < -0.3 is 31.3 Å². The highest BCUT2D eigenvalue weighted by molar-refractivity contribution is 5.88. The topological polar surface area (TPSA) is 170 Å². The molecule has 10 heteroatoms. The summed E-state index contributed by atoms with van der Waals surface area (Å²) in [6.07, 6.45) is -0.349. The molecule has 1 saturated heterocycles. The Morgan fingerprint density at radius 3 is 2.33 bits per heavy atom. The molecule has 10 nitrogen and oxygen atoms in total. The summed E-state index contributed by atoms with van der Waals surface area (Å²) in [5, 5.41) is 28.9. The van der Waals surface area contributed by atoms with Crippen LogP contribution in [0.4, 0.5) is 4.79 Å². The lowest BCUT2D eigenvalue weighted by atomic mass is 9.98. The first-order valence-corrected chi connectivity index (χ1v) is 6.19. The van der Waals surface area contributed by atoms with E-state index in [2.05, 4.69) is 5.32 Å². The van der Waals surface area contributed by atoms with Gasteiger partial charge in [0.2, 0.25) is 0 Å². The Morgan fingerprint density at radius 1 is 1.24 bits per heavy atom. The number of hydrogen-bond donors (Lipinski definition) is 5. The summed E-state index contributed by atoms with van der Waals surface area (Å²) < 4.78 is 0. The minimum Gasteiger partial charge on any atom is -0.481 e. The van der Waals surface area contributed by atoms with Crippen LogP contribution in [-0.4, -0.2) is 68.8 Å². The van der Waals surface area contributed by atoms with E-state index in [9.17, 15) is 19.2 Å². The Morgan fingerprint density at radius 2 is 1.86 bits per heavy atom. The SMILES string of the molecule is N[C@]1(C(=O)O)C[C@H](C(=O)O)N(C(=O)NCCCC(=O)O)C1. The number of carboxylic acid groups (broad SMARTS) is 3. The highest BCUT2D eigenvalue weighted by Crippen LogP contribution is 2.25. The van der Waals surface area contributed by atoms with E-state index in [0.717, 1.165) is 4.90 Å². The van der Waals surface area contributed by atoms with Gasteiger partial charge in [-0.25, -0.2) is 9.59 Å². The van der Waals surface area contributed by atoms with Gasteiger partial charge in [0.25, 0.3) is 0 Å². The van der Waals surface area contributed by atoms with Gasteiger partial charge >= 0.3 is 23.9 Å². The van der Waals surface area contributed by atoms with Gasteiger partial charge in [0.05, 0.1) is 6.54 Å². The number of rotatable bonds is 6. The fraction of sp³-hybridized carbons (Fsp3) is 0.636. The summed E-state index contributed by atoms with van der Waals surface area (Å²) in [6, 6.07) is -2.10. The molecule has 0 spiro atoms. The van der Waals surface area contributed by atoms with Crippen molar-refractivity contribution in [2.45, 2.75) is 30.8 Å². The summed E-state index contributed by atoms with van der Waals surface area (Å²) in [5.41, 5.74) is 3.79. The molecule has 1 fully saturated rings. The van der Waals surface area contributed by atoms with E-state index in [1.165, 1.54) is 0 Å². The van der Waals surface area contributed by atoms with Gasteiger partial charge in [-0.1, -0.05) is 0 Å². The van der Waals surface area contributed by atoms with Crippen molar-refractivity contribution in [3.8, 4) is 0 Å². The van der Waals surface area contributed by atoms with E-state index in [1.807, 2.05) is 0 Å². The van der Waals surface area contributed by atoms with Crippen LogP contribution < -0.4 is 11.1 Å². The van der Waals surface area contributed by atoms with Crippen LogP contribution in [0.15, 0.2) is 0 Å². The molecule has 2 atom stereocenters. The first-order valence-electron chi connectivity index (χ1n) is 6.19. The Labute approximate surface area is 119 Å². The molecular formula is C11H17N3O7.